The number of carbonyl (C=O) groups is 1. The van der Waals surface area contributed by atoms with E-state index < -0.39 is 11.6 Å². The molecule has 0 atom stereocenters. The maximum Gasteiger partial charge on any atom is 0.168 e. The van der Waals surface area contributed by atoms with Crippen molar-refractivity contribution in [2.24, 2.45) is 0 Å². The van der Waals surface area contributed by atoms with E-state index in [0.717, 1.165) is 6.07 Å². The minimum atomic E-state index is -0.992. The van der Waals surface area contributed by atoms with Gasteiger partial charge in [0.15, 0.2) is 17.4 Å². The molecule has 0 heterocycles. The Morgan fingerprint density at radius 1 is 1.21 bits per heavy atom. The van der Waals surface area contributed by atoms with Crippen LogP contribution < -0.4 is 0 Å². The molecule has 0 bridgehead atoms. The first kappa shape index (κ1) is 14.2. The number of hydrogen-bond acceptors (Lipinski definition) is 1. The molecule has 0 N–H and O–H groups in total. The Morgan fingerprint density at radius 3 is 2.68 bits per heavy atom. The Bertz CT molecular complexity index is 643. The molecule has 0 unspecified atom stereocenters. The first-order chi connectivity index (χ1) is 8.99. The molecule has 98 valence electrons. The molecule has 0 spiro atoms. The number of hydrogen-bond donors (Lipinski definition) is 0. The lowest BCUT2D eigenvalue weighted by atomic mass is 10.0. The van der Waals surface area contributed by atoms with Gasteiger partial charge in [0.25, 0.3) is 0 Å². The third-order valence-electron chi connectivity index (χ3n) is 2.61. The molecule has 2 aromatic rings. The van der Waals surface area contributed by atoms with Crippen molar-refractivity contribution in [2.45, 2.75) is 6.42 Å². The molecule has 2 aromatic carbocycles. The molecule has 1 nitrogen and oxygen atoms in total. The first-order valence-electron chi connectivity index (χ1n) is 5.40. The van der Waals surface area contributed by atoms with E-state index >= 15 is 0 Å². The highest BCUT2D eigenvalue weighted by atomic mass is 79.9. The summed E-state index contributed by atoms with van der Waals surface area (Å²) < 4.78 is 27.1. The minimum absolute atomic E-state index is 0.0249. The summed E-state index contributed by atoms with van der Waals surface area (Å²) in [4.78, 5) is 12.1. The van der Waals surface area contributed by atoms with Crippen molar-refractivity contribution in [3.63, 3.8) is 0 Å². The fourth-order valence-corrected chi connectivity index (χ4v) is 2.30. The third kappa shape index (κ3) is 3.19. The van der Waals surface area contributed by atoms with Crippen LogP contribution in [0.15, 0.2) is 40.9 Å². The van der Waals surface area contributed by atoms with E-state index in [4.69, 9.17) is 11.6 Å². The summed E-state index contributed by atoms with van der Waals surface area (Å²) in [6.07, 6.45) is -0.220. The highest BCUT2D eigenvalue weighted by molar-refractivity contribution is 9.10. The summed E-state index contributed by atoms with van der Waals surface area (Å²) in [5, 5.41) is 0.409. The van der Waals surface area contributed by atoms with Crippen molar-refractivity contribution in [1.82, 2.24) is 0 Å². The third-order valence-corrected chi connectivity index (χ3v) is 3.54. The van der Waals surface area contributed by atoms with Crippen molar-refractivity contribution in [2.75, 3.05) is 0 Å². The van der Waals surface area contributed by atoms with Crippen LogP contribution in [-0.2, 0) is 6.42 Å². The Balaban J connectivity index is 2.31. The fourth-order valence-electron chi connectivity index (χ4n) is 1.66. The molecule has 0 aromatic heterocycles. The second-order valence-electron chi connectivity index (χ2n) is 3.94. The number of Topliss-reactive ketones (excluding diaryl/α,β-unsaturated/α-hetero) is 1. The predicted octanol–water partition coefficient (Wildman–Crippen LogP) is 4.81. The zero-order valence-corrected chi connectivity index (χ0v) is 11.9. The van der Waals surface area contributed by atoms with Gasteiger partial charge in [0.05, 0.1) is 0 Å². The van der Waals surface area contributed by atoms with Gasteiger partial charge in [0.2, 0.25) is 0 Å². The molecule has 2 rings (SSSR count). The van der Waals surface area contributed by atoms with Crippen LogP contribution >= 0.6 is 27.5 Å². The maximum absolute atomic E-state index is 13.5. The number of rotatable bonds is 3. The summed E-state index contributed by atoms with van der Waals surface area (Å²) in [6, 6.07) is 8.52. The van der Waals surface area contributed by atoms with Gasteiger partial charge in [-0.05, 0) is 29.8 Å². The van der Waals surface area contributed by atoms with Gasteiger partial charge in [0.1, 0.15) is 0 Å². The van der Waals surface area contributed by atoms with Gasteiger partial charge < -0.3 is 0 Å². The van der Waals surface area contributed by atoms with E-state index in [9.17, 15) is 13.6 Å². The molecule has 0 saturated carbocycles. The Morgan fingerprint density at radius 2 is 1.95 bits per heavy atom. The van der Waals surface area contributed by atoms with Crippen LogP contribution in [0.3, 0.4) is 0 Å². The molecule has 0 fully saturated rings. The van der Waals surface area contributed by atoms with Gasteiger partial charge in [-0.2, -0.15) is 0 Å². The summed E-state index contributed by atoms with van der Waals surface area (Å²) in [7, 11) is 0. The van der Waals surface area contributed by atoms with Gasteiger partial charge in [-0.15, -0.1) is 0 Å². The molecule has 0 aliphatic carbocycles. The molecule has 0 radical (unpaired) electrons. The van der Waals surface area contributed by atoms with E-state index in [0.29, 0.717) is 15.1 Å². The average Bonchev–Trinajstić information content (AvgIpc) is 2.38. The fraction of sp³-hybridized carbons (Fsp3) is 0.0714. The van der Waals surface area contributed by atoms with E-state index in [1.54, 1.807) is 12.1 Å². The average molecular weight is 346 g/mol. The highest BCUT2D eigenvalue weighted by Crippen LogP contribution is 2.23. The predicted molar refractivity (Wildman–Crippen MR) is 73.5 cm³/mol. The molecule has 19 heavy (non-hydrogen) atoms. The van der Waals surface area contributed by atoms with Gasteiger partial charge >= 0.3 is 0 Å². The van der Waals surface area contributed by atoms with Crippen LogP contribution in [-0.4, -0.2) is 5.78 Å². The smallest absolute Gasteiger partial charge is 0.168 e. The van der Waals surface area contributed by atoms with Crippen molar-refractivity contribution in [3.05, 3.63) is 68.7 Å². The van der Waals surface area contributed by atoms with Crippen LogP contribution in [0.2, 0.25) is 5.02 Å². The lowest BCUT2D eigenvalue weighted by Crippen LogP contribution is -2.07. The van der Waals surface area contributed by atoms with Gasteiger partial charge in [-0.1, -0.05) is 39.7 Å². The van der Waals surface area contributed by atoms with Crippen LogP contribution in [0.5, 0.6) is 0 Å². The SMILES string of the molecule is O=C(Cc1cccc(F)c1F)c1cc(Cl)ccc1Br. The largest absolute Gasteiger partial charge is 0.294 e. The first-order valence-corrected chi connectivity index (χ1v) is 6.57. The topological polar surface area (TPSA) is 17.1 Å². The lowest BCUT2D eigenvalue weighted by molar-refractivity contribution is 0.0991. The molecule has 0 saturated heterocycles. The van der Waals surface area contributed by atoms with Gasteiger partial charge in [-0.3, -0.25) is 4.79 Å². The summed E-state index contributed by atoms with van der Waals surface area (Å²) in [5.41, 5.74) is 0.369. The van der Waals surface area contributed by atoms with Crippen LogP contribution in [0.4, 0.5) is 8.78 Å². The number of benzene rings is 2. The molecular weight excluding hydrogens is 338 g/mol. The zero-order valence-electron chi connectivity index (χ0n) is 9.59. The monoisotopic (exact) mass is 344 g/mol. The van der Waals surface area contributed by atoms with E-state index in [-0.39, 0.29) is 17.8 Å². The minimum Gasteiger partial charge on any atom is -0.294 e. The molecule has 0 amide bonds. The van der Waals surface area contributed by atoms with E-state index in [1.807, 2.05) is 0 Å². The number of ketones is 1. The van der Waals surface area contributed by atoms with Crippen molar-refractivity contribution in [1.29, 1.82) is 0 Å². The molecule has 0 aliphatic heterocycles. The van der Waals surface area contributed by atoms with Gasteiger partial charge in [0, 0.05) is 21.5 Å². The second kappa shape index (κ2) is 5.80. The normalized spacial score (nSPS) is 10.5. The standard InChI is InChI=1S/C14H8BrClF2O/c15-11-5-4-9(16)7-10(11)13(19)6-8-2-1-3-12(17)14(8)18/h1-5,7H,6H2. The quantitative estimate of drug-likeness (QED) is 0.730. The number of carbonyl (C=O) groups excluding carboxylic acids is 1. The van der Waals surface area contributed by atoms with Crippen LogP contribution in [0.25, 0.3) is 0 Å². The molecule has 5 heteroatoms. The Labute approximate surface area is 122 Å². The van der Waals surface area contributed by atoms with Crippen molar-refractivity contribution < 1.29 is 13.6 Å². The molecule has 0 aliphatic rings. The summed E-state index contributed by atoms with van der Waals surface area (Å²) in [5.74, 6) is -2.29. The van der Waals surface area contributed by atoms with Crippen molar-refractivity contribution in [3.8, 4) is 0 Å². The number of halogens is 4. The summed E-state index contributed by atoms with van der Waals surface area (Å²) in [6.45, 7) is 0. The second-order valence-corrected chi connectivity index (χ2v) is 5.23. The highest BCUT2D eigenvalue weighted by Gasteiger charge is 2.15. The summed E-state index contributed by atoms with van der Waals surface area (Å²) >= 11 is 9.04. The molecular formula is C14H8BrClF2O. The van der Waals surface area contributed by atoms with E-state index in [1.165, 1.54) is 18.2 Å². The lowest BCUT2D eigenvalue weighted by Gasteiger charge is -2.06. The zero-order chi connectivity index (χ0) is 14.0. The Hall–Kier alpha value is -1.26. The van der Waals surface area contributed by atoms with Gasteiger partial charge in [-0.25, -0.2) is 8.78 Å². The van der Waals surface area contributed by atoms with Crippen molar-refractivity contribution >= 4 is 33.3 Å². The maximum atomic E-state index is 13.5. The van der Waals surface area contributed by atoms with E-state index in [2.05, 4.69) is 15.9 Å². The Kier molecular flexibility index (Phi) is 4.32. The van der Waals surface area contributed by atoms with Crippen LogP contribution in [0.1, 0.15) is 15.9 Å². The van der Waals surface area contributed by atoms with Crippen LogP contribution in [0, 0.1) is 11.6 Å².